The molecule has 4 rings (SSSR count). The van der Waals surface area contributed by atoms with Crippen LogP contribution in [-0.4, -0.2) is 41.7 Å². The van der Waals surface area contributed by atoms with Crippen molar-refractivity contribution in [2.24, 2.45) is 0 Å². The highest BCUT2D eigenvalue weighted by molar-refractivity contribution is 7.46. The van der Waals surface area contributed by atoms with Crippen molar-refractivity contribution in [3.05, 3.63) is 71.5 Å². The molecule has 130 valence electrons. The molecule has 0 aromatic heterocycles. The minimum absolute atomic E-state index is 0.0382. The number of carboxylic acids is 1. The highest BCUT2D eigenvalue weighted by Crippen LogP contribution is 2.45. The first-order valence-corrected chi connectivity index (χ1v) is 9.32. The van der Waals surface area contributed by atoms with Gasteiger partial charge in [-0.1, -0.05) is 53.7 Å². The van der Waals surface area contributed by atoms with Crippen molar-refractivity contribution < 1.29 is 19.4 Å². The van der Waals surface area contributed by atoms with E-state index in [9.17, 15) is 14.7 Å². The molecule has 2 aromatic carbocycles. The summed E-state index contributed by atoms with van der Waals surface area (Å²) in [6, 6.07) is 16.2. The minimum Gasteiger partial charge on any atom is -0.480 e. The number of benzene rings is 2. The number of aliphatic carboxylic acids is 1. The second kappa shape index (κ2) is 6.62. The number of hydrogen-bond acceptors (Lipinski definition) is 3. The summed E-state index contributed by atoms with van der Waals surface area (Å²) < 4.78 is 6.82. The van der Waals surface area contributed by atoms with E-state index in [0.717, 1.165) is 27.5 Å². The van der Waals surface area contributed by atoms with E-state index in [0.29, 0.717) is 0 Å². The van der Waals surface area contributed by atoms with Gasteiger partial charge in [0.15, 0.2) is 0 Å². The van der Waals surface area contributed by atoms with Crippen LogP contribution in [0.2, 0.25) is 0 Å². The van der Waals surface area contributed by atoms with E-state index in [1.807, 2.05) is 36.4 Å². The Kier molecular flexibility index (Phi) is 4.29. The second-order valence-electron chi connectivity index (χ2n) is 6.45. The van der Waals surface area contributed by atoms with Gasteiger partial charge >= 0.3 is 12.1 Å². The van der Waals surface area contributed by atoms with Crippen molar-refractivity contribution >= 4 is 28.1 Å². The molecule has 2 aliphatic rings. The van der Waals surface area contributed by atoms with Crippen molar-refractivity contribution in [1.29, 1.82) is 0 Å². The summed E-state index contributed by atoms with van der Waals surface area (Å²) in [7, 11) is 0.247. The highest BCUT2D eigenvalue weighted by atomic mass is 31.1. The van der Waals surface area contributed by atoms with E-state index in [2.05, 4.69) is 18.7 Å². The molecule has 0 saturated carbocycles. The van der Waals surface area contributed by atoms with E-state index in [1.165, 1.54) is 4.67 Å². The molecular formula is C19H17BNO4P. The summed E-state index contributed by atoms with van der Waals surface area (Å²) in [6.07, 6.45) is -0.587. The molecule has 0 spiro atoms. The first-order valence-electron chi connectivity index (χ1n) is 8.37. The van der Waals surface area contributed by atoms with Gasteiger partial charge in [-0.15, -0.1) is 6.58 Å². The zero-order valence-electron chi connectivity index (χ0n) is 14.0. The van der Waals surface area contributed by atoms with Gasteiger partial charge in [-0.3, -0.25) is 9.46 Å². The molecule has 7 heteroatoms. The van der Waals surface area contributed by atoms with Gasteiger partial charge in [0.1, 0.15) is 12.5 Å². The predicted octanol–water partition coefficient (Wildman–Crippen LogP) is 3.16. The lowest BCUT2D eigenvalue weighted by atomic mass is 9.70. The first kappa shape index (κ1) is 16.9. The molecule has 1 aliphatic carbocycles. The number of ether oxygens (including phenoxy) is 1. The third-order valence-electron chi connectivity index (χ3n) is 4.85. The van der Waals surface area contributed by atoms with Crippen LogP contribution >= 0.6 is 8.73 Å². The van der Waals surface area contributed by atoms with Crippen LogP contribution in [0.1, 0.15) is 17.0 Å². The zero-order chi connectivity index (χ0) is 18.3. The lowest BCUT2D eigenvalue weighted by Gasteiger charge is -2.22. The lowest BCUT2D eigenvalue weighted by molar-refractivity contribution is -0.138. The average Bonchev–Trinajstić information content (AvgIpc) is 3.18. The maximum atomic E-state index is 12.5. The third-order valence-corrected chi connectivity index (χ3v) is 6.10. The fourth-order valence-electron chi connectivity index (χ4n) is 3.65. The van der Waals surface area contributed by atoms with Gasteiger partial charge in [0.25, 0.3) is 0 Å². The molecule has 0 bridgehead atoms. The Morgan fingerprint density at radius 3 is 2.27 bits per heavy atom. The van der Waals surface area contributed by atoms with E-state index >= 15 is 0 Å². The Morgan fingerprint density at radius 1 is 1.12 bits per heavy atom. The average molecular weight is 365 g/mol. The number of carboxylic acid groups (broad SMARTS) is 1. The van der Waals surface area contributed by atoms with Crippen molar-refractivity contribution in [3.8, 4) is 11.1 Å². The van der Waals surface area contributed by atoms with Gasteiger partial charge in [0.05, 0.1) is 0 Å². The van der Waals surface area contributed by atoms with E-state index in [-0.39, 0.29) is 28.5 Å². The van der Waals surface area contributed by atoms with Crippen LogP contribution in [0.4, 0.5) is 4.79 Å². The molecule has 1 saturated heterocycles. The Labute approximate surface area is 153 Å². The van der Waals surface area contributed by atoms with Gasteiger partial charge in [-0.2, -0.15) is 0 Å². The number of fused-ring (bicyclic) bond motifs is 3. The maximum absolute atomic E-state index is 12.5. The van der Waals surface area contributed by atoms with Crippen molar-refractivity contribution in [2.75, 3.05) is 6.61 Å². The fourth-order valence-corrected chi connectivity index (χ4v) is 4.79. The molecule has 2 atom stereocenters. The van der Waals surface area contributed by atoms with Gasteiger partial charge in [0, 0.05) is 14.6 Å². The smallest absolute Gasteiger partial charge is 0.413 e. The monoisotopic (exact) mass is 365 g/mol. The number of hydrogen-bond donors (Lipinski definition) is 1. The summed E-state index contributed by atoms with van der Waals surface area (Å²) in [5.41, 5.74) is 4.57. The summed E-state index contributed by atoms with van der Waals surface area (Å²) in [6.45, 7) is 4.00. The van der Waals surface area contributed by atoms with Gasteiger partial charge < -0.3 is 9.84 Å². The summed E-state index contributed by atoms with van der Waals surface area (Å²) in [5.74, 6) is -1.94. The van der Waals surface area contributed by atoms with E-state index < -0.39 is 18.0 Å². The fraction of sp³-hybridized carbons (Fsp3) is 0.158. The Morgan fingerprint density at radius 2 is 1.69 bits per heavy atom. The van der Waals surface area contributed by atoms with Gasteiger partial charge in [-0.25, -0.2) is 4.79 Å². The SMILES string of the molecule is C=C1BC(C(=O)O)N(C(=O)OCC2c3ccccc3-c3ccccc32)P1. The predicted molar refractivity (Wildman–Crippen MR) is 103 cm³/mol. The molecule has 2 aromatic rings. The highest BCUT2D eigenvalue weighted by Gasteiger charge is 2.39. The summed E-state index contributed by atoms with van der Waals surface area (Å²) in [5, 5.41) is 10.1. The third kappa shape index (κ3) is 2.80. The van der Waals surface area contributed by atoms with E-state index in [4.69, 9.17) is 4.74 Å². The molecule has 2 unspecified atom stereocenters. The molecule has 0 radical (unpaired) electrons. The van der Waals surface area contributed by atoms with Crippen LogP contribution in [0.3, 0.4) is 0 Å². The molecule has 1 amide bonds. The summed E-state index contributed by atoms with van der Waals surface area (Å²) in [4.78, 5) is 23.9. The molecular weight excluding hydrogens is 348 g/mol. The molecule has 5 nitrogen and oxygen atoms in total. The number of amides is 1. The summed E-state index contributed by atoms with van der Waals surface area (Å²) >= 11 is 0. The van der Waals surface area contributed by atoms with Crippen molar-refractivity contribution in [2.45, 2.75) is 11.9 Å². The number of nitrogens with zero attached hydrogens (tertiary/aromatic N) is 1. The van der Waals surface area contributed by atoms with Crippen LogP contribution in [0.25, 0.3) is 11.1 Å². The topological polar surface area (TPSA) is 66.8 Å². The van der Waals surface area contributed by atoms with Crippen LogP contribution < -0.4 is 0 Å². The van der Waals surface area contributed by atoms with Crippen LogP contribution in [0.5, 0.6) is 0 Å². The Bertz CT molecular complexity index is 870. The molecule has 1 heterocycles. The lowest BCUT2D eigenvalue weighted by Crippen LogP contribution is -2.40. The maximum Gasteiger partial charge on any atom is 0.413 e. The standard InChI is InChI=1S/C19H17BNO4P/c1-11-20-17(18(22)23)21(26-11)19(24)25-10-16-14-8-4-2-6-12(14)13-7-3-5-9-15(13)16/h2-9,16-17,20,26H,1,10H2,(H,22,23). The van der Waals surface area contributed by atoms with Crippen molar-refractivity contribution in [1.82, 2.24) is 4.67 Å². The largest absolute Gasteiger partial charge is 0.480 e. The van der Waals surface area contributed by atoms with Crippen molar-refractivity contribution in [3.63, 3.8) is 0 Å². The Balaban J connectivity index is 1.54. The van der Waals surface area contributed by atoms with Crippen LogP contribution in [0.15, 0.2) is 60.3 Å². The number of carbonyl (C=O) groups is 2. The zero-order valence-corrected chi connectivity index (χ0v) is 15.0. The Hall–Kier alpha value is -2.59. The normalized spacial score (nSPS) is 19.2. The molecule has 1 N–H and O–H groups in total. The first-order chi connectivity index (χ1) is 12.6. The van der Waals surface area contributed by atoms with Crippen LogP contribution in [-0.2, 0) is 9.53 Å². The minimum atomic E-state index is -1.02. The number of carbonyl (C=O) groups excluding carboxylic acids is 1. The van der Waals surface area contributed by atoms with Gasteiger partial charge in [0.2, 0.25) is 7.28 Å². The van der Waals surface area contributed by atoms with E-state index in [1.54, 1.807) is 0 Å². The second-order valence-corrected chi connectivity index (χ2v) is 7.86. The molecule has 1 fully saturated rings. The van der Waals surface area contributed by atoms with Gasteiger partial charge in [-0.05, 0) is 22.3 Å². The molecule has 1 aliphatic heterocycles. The van der Waals surface area contributed by atoms with Crippen LogP contribution in [0, 0.1) is 0 Å². The number of rotatable bonds is 3. The molecule has 26 heavy (non-hydrogen) atoms. The quantitative estimate of drug-likeness (QED) is 0.670.